The van der Waals surface area contributed by atoms with E-state index in [1.54, 1.807) is 36.5 Å². The van der Waals surface area contributed by atoms with Gasteiger partial charge in [-0.15, -0.1) is 0 Å². The number of hydrogen-bond acceptors (Lipinski definition) is 6. The molecule has 1 atom stereocenters. The summed E-state index contributed by atoms with van der Waals surface area (Å²) >= 11 is 0. The Labute approximate surface area is 180 Å². The number of fused-ring (bicyclic) bond motifs is 1. The lowest BCUT2D eigenvalue weighted by atomic mass is 10.2. The van der Waals surface area contributed by atoms with Crippen LogP contribution in [0.25, 0.3) is 5.65 Å². The lowest BCUT2D eigenvalue weighted by Gasteiger charge is -2.22. The lowest BCUT2D eigenvalue weighted by Crippen LogP contribution is -2.41. The first-order valence-electron chi connectivity index (χ1n) is 10.0. The molecule has 1 aliphatic heterocycles. The number of hydrogen-bond donors (Lipinski definition) is 0. The second kappa shape index (κ2) is 8.24. The molecule has 9 heteroatoms. The molecule has 31 heavy (non-hydrogen) atoms. The number of esters is 1. The van der Waals surface area contributed by atoms with Crippen molar-refractivity contribution in [1.29, 1.82) is 0 Å². The number of aryl methyl sites for hydroxylation is 2. The Morgan fingerprint density at radius 3 is 2.68 bits per heavy atom. The highest BCUT2D eigenvalue weighted by Crippen LogP contribution is 2.27. The minimum Gasteiger partial charge on any atom is -0.458 e. The van der Waals surface area contributed by atoms with Gasteiger partial charge in [-0.1, -0.05) is 23.8 Å². The van der Waals surface area contributed by atoms with Crippen LogP contribution in [0.1, 0.15) is 29.7 Å². The maximum atomic E-state index is 13.0. The van der Waals surface area contributed by atoms with Gasteiger partial charge < -0.3 is 4.74 Å². The SMILES string of the molecule is Cc1ccc(S(=O)(=O)N2CCC[C@H]2C(=O)OCc2cc(=O)n3cccc(C)c3n2)cc1. The first-order chi connectivity index (χ1) is 14.8. The smallest absolute Gasteiger partial charge is 0.324 e. The van der Waals surface area contributed by atoms with Crippen LogP contribution in [0, 0.1) is 13.8 Å². The van der Waals surface area contributed by atoms with Gasteiger partial charge in [-0.25, -0.2) is 13.4 Å². The predicted molar refractivity (Wildman–Crippen MR) is 114 cm³/mol. The van der Waals surface area contributed by atoms with Gasteiger partial charge in [0, 0.05) is 18.8 Å². The van der Waals surface area contributed by atoms with E-state index in [-0.39, 0.29) is 23.6 Å². The van der Waals surface area contributed by atoms with Crippen LogP contribution in [0.15, 0.2) is 58.4 Å². The van der Waals surface area contributed by atoms with Crippen LogP contribution in [0.3, 0.4) is 0 Å². The zero-order valence-electron chi connectivity index (χ0n) is 17.3. The molecule has 0 amide bonds. The van der Waals surface area contributed by atoms with E-state index in [1.807, 2.05) is 19.9 Å². The Hall–Kier alpha value is -3.04. The van der Waals surface area contributed by atoms with Crippen LogP contribution in [0.2, 0.25) is 0 Å². The summed E-state index contributed by atoms with van der Waals surface area (Å²) in [4.78, 5) is 29.6. The fraction of sp³-hybridized carbons (Fsp3) is 0.318. The molecule has 0 bridgehead atoms. The molecule has 162 valence electrons. The summed E-state index contributed by atoms with van der Waals surface area (Å²) in [5.74, 6) is -0.639. The van der Waals surface area contributed by atoms with Crippen LogP contribution < -0.4 is 5.56 Å². The first-order valence-corrected chi connectivity index (χ1v) is 11.4. The molecule has 0 radical (unpaired) electrons. The van der Waals surface area contributed by atoms with Gasteiger partial charge in [0.25, 0.3) is 5.56 Å². The van der Waals surface area contributed by atoms with Gasteiger partial charge in [0.1, 0.15) is 18.3 Å². The number of benzene rings is 1. The maximum absolute atomic E-state index is 13.0. The van der Waals surface area contributed by atoms with Crippen molar-refractivity contribution in [2.45, 2.75) is 44.2 Å². The van der Waals surface area contributed by atoms with Crippen LogP contribution in [0.4, 0.5) is 0 Å². The van der Waals surface area contributed by atoms with E-state index in [4.69, 9.17) is 4.74 Å². The molecule has 0 unspecified atom stereocenters. The molecule has 1 aliphatic rings. The predicted octanol–water partition coefficient (Wildman–Crippen LogP) is 2.21. The van der Waals surface area contributed by atoms with Crippen molar-refractivity contribution in [1.82, 2.24) is 13.7 Å². The zero-order chi connectivity index (χ0) is 22.2. The van der Waals surface area contributed by atoms with Crippen molar-refractivity contribution >= 4 is 21.6 Å². The third kappa shape index (κ3) is 4.11. The molecule has 8 nitrogen and oxygen atoms in total. The third-order valence-electron chi connectivity index (χ3n) is 5.40. The maximum Gasteiger partial charge on any atom is 0.324 e. The fourth-order valence-corrected chi connectivity index (χ4v) is 5.38. The minimum absolute atomic E-state index is 0.150. The second-order valence-corrected chi connectivity index (χ2v) is 9.56. The molecular weight excluding hydrogens is 418 g/mol. The third-order valence-corrected chi connectivity index (χ3v) is 7.33. The standard InChI is InChI=1S/C22H23N3O5S/c1-15-7-9-18(10-8-15)31(28,29)25-12-4-6-19(25)22(27)30-14-17-13-20(26)24-11-3-5-16(2)21(24)23-17/h3,5,7-11,13,19H,4,6,12,14H2,1-2H3/t19-/m0/s1. The number of carbonyl (C=O) groups is 1. The average Bonchev–Trinajstić information content (AvgIpc) is 3.24. The zero-order valence-corrected chi connectivity index (χ0v) is 18.1. The Bertz CT molecular complexity index is 1300. The first kappa shape index (κ1) is 21.2. The highest BCUT2D eigenvalue weighted by molar-refractivity contribution is 7.89. The highest BCUT2D eigenvalue weighted by Gasteiger charge is 2.40. The van der Waals surface area contributed by atoms with E-state index in [1.165, 1.54) is 14.8 Å². The molecule has 1 aromatic carbocycles. The van der Waals surface area contributed by atoms with Crippen LogP contribution in [-0.2, 0) is 26.2 Å². The quantitative estimate of drug-likeness (QED) is 0.563. The van der Waals surface area contributed by atoms with Crippen molar-refractivity contribution in [3.8, 4) is 0 Å². The van der Waals surface area contributed by atoms with Crippen LogP contribution in [-0.4, -0.2) is 40.7 Å². The summed E-state index contributed by atoms with van der Waals surface area (Å²) < 4.78 is 34.1. The minimum atomic E-state index is -3.81. The van der Waals surface area contributed by atoms with Crippen molar-refractivity contribution < 1.29 is 17.9 Å². The summed E-state index contributed by atoms with van der Waals surface area (Å²) in [5.41, 5.74) is 2.30. The van der Waals surface area contributed by atoms with Gasteiger partial charge in [0.15, 0.2) is 0 Å². The van der Waals surface area contributed by atoms with Gasteiger partial charge in [-0.2, -0.15) is 4.31 Å². The van der Waals surface area contributed by atoms with Crippen LogP contribution >= 0.6 is 0 Å². The monoisotopic (exact) mass is 441 g/mol. The number of rotatable bonds is 5. The topological polar surface area (TPSA) is 98.0 Å². The molecular formula is C22H23N3O5S. The average molecular weight is 442 g/mol. The molecule has 1 fully saturated rings. The van der Waals surface area contributed by atoms with E-state index in [2.05, 4.69) is 4.98 Å². The molecule has 4 rings (SSSR count). The molecule has 0 aliphatic carbocycles. The van der Waals surface area contributed by atoms with Crippen molar-refractivity contribution in [2.24, 2.45) is 0 Å². The van der Waals surface area contributed by atoms with Crippen molar-refractivity contribution in [2.75, 3.05) is 6.54 Å². The number of ether oxygens (including phenoxy) is 1. The summed E-state index contributed by atoms with van der Waals surface area (Å²) in [5, 5.41) is 0. The number of nitrogens with zero attached hydrogens (tertiary/aromatic N) is 3. The molecule has 0 spiro atoms. The molecule has 2 aromatic heterocycles. The van der Waals surface area contributed by atoms with Crippen molar-refractivity contribution in [3.63, 3.8) is 0 Å². The number of sulfonamides is 1. The van der Waals surface area contributed by atoms with Gasteiger partial charge in [-0.3, -0.25) is 14.0 Å². The van der Waals surface area contributed by atoms with Gasteiger partial charge in [-0.05, 0) is 50.5 Å². The summed E-state index contributed by atoms with van der Waals surface area (Å²) in [7, 11) is -3.81. The van der Waals surface area contributed by atoms with Gasteiger partial charge in [0.05, 0.1) is 10.6 Å². The Kier molecular flexibility index (Phi) is 5.63. The van der Waals surface area contributed by atoms with Gasteiger partial charge in [0.2, 0.25) is 10.0 Å². The molecule has 1 saturated heterocycles. The Morgan fingerprint density at radius 2 is 1.94 bits per heavy atom. The van der Waals surface area contributed by atoms with E-state index in [9.17, 15) is 18.0 Å². The highest BCUT2D eigenvalue weighted by atomic mass is 32.2. The lowest BCUT2D eigenvalue weighted by molar-refractivity contribution is -0.148. The van der Waals surface area contributed by atoms with E-state index in [0.717, 1.165) is 11.1 Å². The number of pyridine rings is 1. The molecule has 0 N–H and O–H groups in total. The van der Waals surface area contributed by atoms with E-state index >= 15 is 0 Å². The Morgan fingerprint density at radius 1 is 1.19 bits per heavy atom. The number of carbonyl (C=O) groups excluding carboxylic acids is 1. The molecule has 0 saturated carbocycles. The van der Waals surface area contributed by atoms with Crippen molar-refractivity contribution in [3.05, 3.63) is 75.8 Å². The van der Waals surface area contributed by atoms with Crippen LogP contribution in [0.5, 0.6) is 0 Å². The normalized spacial score (nSPS) is 17.2. The molecule has 3 aromatic rings. The largest absolute Gasteiger partial charge is 0.458 e. The second-order valence-electron chi connectivity index (χ2n) is 7.67. The Balaban J connectivity index is 1.52. The summed E-state index contributed by atoms with van der Waals surface area (Å²) in [6.45, 7) is 3.77. The van der Waals surface area contributed by atoms with E-state index in [0.29, 0.717) is 24.2 Å². The number of aromatic nitrogens is 2. The van der Waals surface area contributed by atoms with E-state index < -0.39 is 22.0 Å². The molecule has 3 heterocycles. The fourth-order valence-electron chi connectivity index (χ4n) is 3.73. The summed E-state index contributed by atoms with van der Waals surface area (Å²) in [6.07, 6.45) is 2.58. The van der Waals surface area contributed by atoms with Gasteiger partial charge >= 0.3 is 5.97 Å². The summed E-state index contributed by atoms with van der Waals surface area (Å²) in [6, 6.07) is 10.5.